The number of aromatic nitrogens is 12. The average molecular weight is 1670 g/mol. The normalized spacial score (nSPS) is 13.8. The highest BCUT2D eigenvalue weighted by atomic mass is 19.4. The van der Waals surface area contributed by atoms with Crippen LogP contribution in [0.5, 0.6) is 23.0 Å². The molecule has 16 rings (SSSR count). The zero-order valence-corrected chi connectivity index (χ0v) is 66.9. The lowest BCUT2D eigenvalue weighted by molar-refractivity contribution is -0.186. The highest BCUT2D eigenvalue weighted by molar-refractivity contribution is 6.10. The van der Waals surface area contributed by atoms with Crippen molar-refractivity contribution in [2.75, 3.05) is 87.0 Å². The number of ether oxygens (including phenoxy) is 4. The van der Waals surface area contributed by atoms with Gasteiger partial charge in [0.2, 0.25) is 5.91 Å². The number of anilines is 4. The van der Waals surface area contributed by atoms with Gasteiger partial charge >= 0.3 is 12.1 Å². The molecule has 122 heavy (non-hydrogen) atoms. The molecule has 33 nitrogen and oxygen atoms in total. The lowest BCUT2D eigenvalue weighted by Crippen LogP contribution is -2.45. The van der Waals surface area contributed by atoms with E-state index in [-0.39, 0.29) is 112 Å². The van der Waals surface area contributed by atoms with Crippen LogP contribution >= 0.6 is 0 Å². The SMILES string of the molecule is CCOc1ccc(NC(=O)c2c[nH]n3c(=O)cc(-c4ccc(F)cc4)nc23)cc1.CCOc1ccc(NC(=O)c2c[nH]n3c(=O)cc(C4CCN(C(=O)C(F)(F)F)CC4)nc23)cc1.CCOc1ccc(NC(=O)c2c[nH]n3c(=O)cc(C4CCN(C(C)=O)CC4)nc23)cc1.CCOc1ccc(NC(=O)c2c[nH]n3c(=O)cc(C4CCNCC4)nc23)cc1. The summed E-state index contributed by atoms with van der Waals surface area (Å²) in [6, 6.07) is 39.3. The number of benzene rings is 5. The predicted octanol–water partition coefficient (Wildman–Crippen LogP) is 11.0. The number of fused-ring (bicyclic) bond motifs is 4. The number of carbonyl (C=O) groups excluding carboxylic acids is 6. The Morgan fingerprint density at radius 2 is 0.689 bits per heavy atom. The number of aromatic amines is 4. The van der Waals surface area contributed by atoms with Crippen molar-refractivity contribution < 1.29 is 65.3 Å². The van der Waals surface area contributed by atoms with E-state index in [1.807, 2.05) is 27.7 Å². The van der Waals surface area contributed by atoms with Gasteiger partial charge in [0.05, 0.1) is 49.2 Å². The number of piperidine rings is 3. The molecule has 0 unspecified atom stereocenters. The van der Waals surface area contributed by atoms with Gasteiger partial charge in [0.15, 0.2) is 22.6 Å². The Labute approximate surface area is 691 Å². The van der Waals surface area contributed by atoms with Gasteiger partial charge in [0, 0.05) is 128 Å². The maximum atomic E-state index is 13.2. The van der Waals surface area contributed by atoms with Crippen molar-refractivity contribution >= 4 is 80.8 Å². The van der Waals surface area contributed by atoms with E-state index < -0.39 is 29.5 Å². The summed E-state index contributed by atoms with van der Waals surface area (Å²) in [4.78, 5) is 145. The second-order valence-corrected chi connectivity index (χ2v) is 28.4. The molecular formula is C85H87F4N19O14. The van der Waals surface area contributed by atoms with Gasteiger partial charge in [-0.15, -0.1) is 0 Å². The van der Waals surface area contributed by atoms with E-state index in [9.17, 15) is 65.5 Å². The summed E-state index contributed by atoms with van der Waals surface area (Å²) < 4.78 is 77.7. The first-order valence-corrected chi connectivity index (χ1v) is 39.5. The number of amides is 6. The summed E-state index contributed by atoms with van der Waals surface area (Å²) in [5.41, 5.74) is 5.65. The lowest BCUT2D eigenvalue weighted by Gasteiger charge is -2.32. The Hall–Kier alpha value is -14.5. The zero-order chi connectivity index (χ0) is 86.3. The summed E-state index contributed by atoms with van der Waals surface area (Å²) in [7, 11) is 0. The molecule has 3 saturated heterocycles. The largest absolute Gasteiger partial charge is 0.494 e. The third kappa shape index (κ3) is 20.4. The maximum absolute atomic E-state index is 13.2. The van der Waals surface area contributed by atoms with Gasteiger partial charge in [-0.3, -0.25) is 68.3 Å². The lowest BCUT2D eigenvalue weighted by atomic mass is 9.93. The van der Waals surface area contributed by atoms with Crippen LogP contribution in [0.2, 0.25) is 0 Å². The predicted molar refractivity (Wildman–Crippen MR) is 445 cm³/mol. The molecule has 9 N–H and O–H groups in total. The standard InChI is InChI=1S/C22H22F3N5O4.C22H25N5O4.C21H17FN4O3.C20H23N5O3/c1-2-34-15-5-3-14(4-6-15)27-20(32)16-12-26-30-18(31)11-17(28-19(16)30)13-7-9-29(10-8-13)21(33)22(23,24)25;1-3-31-17-6-4-16(5-7-17)24-22(30)18-13-23-27-20(29)12-19(25-21(18)27)15-8-10-26(11-9-15)14(2)28;1-2-29-16-9-7-15(8-10-16)24-21(28)17-12-23-26-19(27)11-18(25-20(17)26)13-3-5-14(22)6-4-13;1-2-28-15-5-3-14(4-6-15)23-20(27)16-12-22-25-18(26)11-17(24-19(16)25)13-7-9-21-10-8-13/h3-6,11-13,26H,2,7-10H2,1H3,(H,27,32);4-7,12-13,15,23H,3,8-11H2,1-2H3,(H,24,30);3-12,23H,2H2,1H3,(H,24,28);3-6,11-13,21-22H,2,7-10H2,1H3,(H,23,27). The van der Waals surface area contributed by atoms with Gasteiger partial charge in [-0.2, -0.15) is 13.2 Å². The van der Waals surface area contributed by atoms with Crippen LogP contribution in [0.15, 0.2) is 190 Å². The van der Waals surface area contributed by atoms with E-state index in [1.165, 1.54) is 80.8 Å². The molecule has 0 aliphatic carbocycles. The van der Waals surface area contributed by atoms with Crippen LogP contribution in [0.1, 0.15) is 149 Å². The first kappa shape index (κ1) is 85.4. The number of halogens is 4. The quantitative estimate of drug-likeness (QED) is 0.0320. The number of hydrogen-bond donors (Lipinski definition) is 9. The van der Waals surface area contributed by atoms with E-state index in [0.29, 0.717) is 113 Å². The molecule has 3 aliphatic heterocycles. The van der Waals surface area contributed by atoms with Crippen LogP contribution in [0.25, 0.3) is 33.8 Å². The highest BCUT2D eigenvalue weighted by Gasteiger charge is 2.44. The van der Waals surface area contributed by atoms with E-state index in [1.54, 1.807) is 115 Å². The molecule has 0 saturated carbocycles. The number of H-pyrrole nitrogens is 4. The molecule has 11 heterocycles. The number of nitrogens with zero attached hydrogens (tertiary/aromatic N) is 10. The van der Waals surface area contributed by atoms with Crippen LogP contribution in [-0.2, 0) is 9.59 Å². The molecule has 0 atom stereocenters. The summed E-state index contributed by atoms with van der Waals surface area (Å²) in [5.74, 6) is -0.966. The number of alkyl halides is 3. The molecule has 0 spiro atoms. The fourth-order valence-electron chi connectivity index (χ4n) is 14.2. The fourth-order valence-corrected chi connectivity index (χ4v) is 14.2. The van der Waals surface area contributed by atoms with Gasteiger partial charge in [0.1, 0.15) is 51.1 Å². The molecule has 5 aromatic carbocycles. The Morgan fingerprint density at radius 3 is 0.984 bits per heavy atom. The van der Waals surface area contributed by atoms with E-state index in [4.69, 9.17) is 18.9 Å². The van der Waals surface area contributed by atoms with Crippen molar-refractivity contribution in [3.8, 4) is 34.3 Å². The molecular weight excluding hydrogens is 1590 g/mol. The maximum Gasteiger partial charge on any atom is 0.471 e. The smallest absolute Gasteiger partial charge is 0.471 e. The van der Waals surface area contributed by atoms with E-state index >= 15 is 0 Å². The minimum absolute atomic E-state index is 0.0563. The molecule has 13 aromatic rings. The molecule has 8 aromatic heterocycles. The number of carbonyl (C=O) groups is 6. The van der Waals surface area contributed by atoms with Crippen LogP contribution < -0.4 is 67.8 Å². The molecule has 37 heteroatoms. The third-order valence-electron chi connectivity index (χ3n) is 20.4. The van der Waals surface area contributed by atoms with Gasteiger partial charge < -0.3 is 55.3 Å². The summed E-state index contributed by atoms with van der Waals surface area (Å²) in [6.07, 6.45) is 4.65. The number of nitrogens with one attached hydrogen (secondary N) is 9. The topological polar surface area (TPSA) is 407 Å². The van der Waals surface area contributed by atoms with E-state index in [2.05, 4.69) is 66.9 Å². The second-order valence-electron chi connectivity index (χ2n) is 28.4. The summed E-state index contributed by atoms with van der Waals surface area (Å²) in [5, 5.41) is 25.6. The van der Waals surface area contributed by atoms with Crippen molar-refractivity contribution in [1.82, 2.24) is 73.5 Å². The zero-order valence-electron chi connectivity index (χ0n) is 66.9. The Morgan fingerprint density at radius 1 is 0.402 bits per heavy atom. The van der Waals surface area contributed by atoms with E-state index in [0.717, 1.165) is 65.4 Å². The Kier molecular flexibility index (Phi) is 26.9. The van der Waals surface area contributed by atoms with Crippen molar-refractivity contribution in [2.24, 2.45) is 0 Å². The van der Waals surface area contributed by atoms with Crippen LogP contribution in [0.4, 0.5) is 40.3 Å². The van der Waals surface area contributed by atoms with Crippen molar-refractivity contribution in [1.29, 1.82) is 0 Å². The first-order valence-electron chi connectivity index (χ1n) is 39.5. The number of hydrogen-bond acceptors (Lipinski definition) is 19. The van der Waals surface area contributed by atoms with Crippen molar-refractivity contribution in [3.63, 3.8) is 0 Å². The van der Waals surface area contributed by atoms with Gasteiger partial charge in [-0.05, 0) is 201 Å². The average Bonchev–Trinajstić information content (AvgIpc) is 1.63. The second kappa shape index (κ2) is 38.5. The van der Waals surface area contributed by atoms with Gasteiger partial charge in [-0.25, -0.2) is 42.4 Å². The fraction of sp³-hybridized carbons (Fsp3) is 0.294. The molecule has 6 amide bonds. The Balaban J connectivity index is 0.000000141. The first-order chi connectivity index (χ1) is 58.8. The minimum Gasteiger partial charge on any atom is -0.494 e. The molecule has 634 valence electrons. The van der Waals surface area contributed by atoms with Gasteiger partial charge in [-0.1, -0.05) is 0 Å². The van der Waals surface area contributed by atoms with Crippen molar-refractivity contribution in [3.05, 3.63) is 257 Å². The number of rotatable bonds is 20. The van der Waals surface area contributed by atoms with Crippen LogP contribution in [0, 0.1) is 5.82 Å². The molecule has 0 radical (unpaired) electrons. The van der Waals surface area contributed by atoms with Crippen molar-refractivity contribution in [2.45, 2.75) is 97.1 Å². The molecule has 0 bridgehead atoms. The molecule has 3 aliphatic rings. The monoisotopic (exact) mass is 1670 g/mol. The molecule has 3 fully saturated rings. The minimum atomic E-state index is -4.92. The number of likely N-dealkylation sites (tertiary alicyclic amines) is 2. The van der Waals surface area contributed by atoms with Gasteiger partial charge in [0.25, 0.3) is 45.9 Å². The third-order valence-corrected chi connectivity index (χ3v) is 20.4. The summed E-state index contributed by atoms with van der Waals surface area (Å²) in [6.45, 7) is 14.3. The highest BCUT2D eigenvalue weighted by Crippen LogP contribution is 2.32. The Bertz CT molecular complexity index is 6180. The van der Waals surface area contributed by atoms with Crippen LogP contribution in [0.3, 0.4) is 0 Å². The summed E-state index contributed by atoms with van der Waals surface area (Å²) >= 11 is 0. The van der Waals surface area contributed by atoms with Crippen LogP contribution in [-0.4, -0.2) is 176 Å².